The quantitative estimate of drug-likeness (QED) is 0.419. The largest absolute Gasteiger partial charge is 0.349 e. The number of carbonyl (C=O) groups is 2. The van der Waals surface area contributed by atoms with Gasteiger partial charge in [-0.2, -0.15) is 0 Å². The zero-order valence-corrected chi connectivity index (χ0v) is 17.2. The number of nitrogens with one attached hydrogen (secondary N) is 1. The second kappa shape index (κ2) is 8.40. The Labute approximate surface area is 168 Å². The first kappa shape index (κ1) is 19.8. The van der Waals surface area contributed by atoms with Gasteiger partial charge >= 0.3 is 0 Å². The lowest BCUT2D eigenvalue weighted by Gasteiger charge is -2.15. The van der Waals surface area contributed by atoms with E-state index < -0.39 is 0 Å². The topological polar surface area (TPSA) is 72.0 Å². The van der Waals surface area contributed by atoms with E-state index in [0.29, 0.717) is 27.2 Å². The summed E-state index contributed by atoms with van der Waals surface area (Å²) in [7, 11) is 0. The van der Waals surface area contributed by atoms with E-state index in [4.69, 9.17) is 11.6 Å². The van der Waals surface area contributed by atoms with Gasteiger partial charge < -0.3 is 5.32 Å². The van der Waals surface area contributed by atoms with Gasteiger partial charge in [-0.3, -0.25) is 9.59 Å². The maximum absolute atomic E-state index is 12.4. The molecular formula is C20H22ClN3O2S. The summed E-state index contributed by atoms with van der Waals surface area (Å²) in [4.78, 5) is 33.5. The van der Waals surface area contributed by atoms with Crippen LogP contribution in [0, 0.1) is 6.92 Å². The number of ketones is 1. The van der Waals surface area contributed by atoms with Gasteiger partial charge in [-0.15, -0.1) is 0 Å². The number of rotatable bonds is 7. The van der Waals surface area contributed by atoms with E-state index >= 15 is 0 Å². The van der Waals surface area contributed by atoms with Crippen LogP contribution in [-0.2, 0) is 4.79 Å². The Hall–Kier alpha value is -1.92. The first-order valence-electron chi connectivity index (χ1n) is 8.92. The molecule has 7 heteroatoms. The van der Waals surface area contributed by atoms with Gasteiger partial charge in [0.2, 0.25) is 5.91 Å². The van der Waals surface area contributed by atoms with Crippen LogP contribution in [0.3, 0.4) is 0 Å². The van der Waals surface area contributed by atoms with Crippen LogP contribution in [-0.4, -0.2) is 27.4 Å². The van der Waals surface area contributed by atoms with Gasteiger partial charge in [0.05, 0.1) is 23.1 Å². The number of amides is 1. The third-order valence-corrected chi connectivity index (χ3v) is 5.65. The first-order valence-corrected chi connectivity index (χ1v) is 10.3. The predicted molar refractivity (Wildman–Crippen MR) is 107 cm³/mol. The van der Waals surface area contributed by atoms with Gasteiger partial charge in [0.1, 0.15) is 10.9 Å². The van der Waals surface area contributed by atoms with Gasteiger partial charge in [0.25, 0.3) is 0 Å². The summed E-state index contributed by atoms with van der Waals surface area (Å²) >= 11 is 7.30. The number of Topliss-reactive ketones (excluding diaryl/α,β-unsaturated/α-hetero) is 1. The number of hydrogen-bond acceptors (Lipinski definition) is 5. The van der Waals surface area contributed by atoms with Crippen molar-refractivity contribution in [2.75, 3.05) is 5.75 Å². The molecule has 1 aromatic heterocycles. The van der Waals surface area contributed by atoms with Crippen molar-refractivity contribution in [3.8, 4) is 0 Å². The van der Waals surface area contributed by atoms with E-state index in [1.54, 1.807) is 6.07 Å². The fourth-order valence-corrected chi connectivity index (χ4v) is 4.02. The van der Waals surface area contributed by atoms with Crippen LogP contribution in [0.5, 0.6) is 0 Å². The second-order valence-corrected chi connectivity index (χ2v) is 8.21. The Balaban J connectivity index is 1.68. The molecule has 1 N–H and O–H groups in total. The summed E-state index contributed by atoms with van der Waals surface area (Å²) in [5.41, 5.74) is 2.15. The average molecular weight is 404 g/mol. The lowest BCUT2D eigenvalue weighted by molar-refractivity contribution is -0.119. The number of aryl methyl sites for hydroxylation is 1. The fourth-order valence-electron chi connectivity index (χ4n) is 2.88. The summed E-state index contributed by atoms with van der Waals surface area (Å²) in [5, 5.41) is 4.20. The number of aromatic nitrogens is 2. The maximum Gasteiger partial charge on any atom is 0.230 e. The molecule has 0 bridgehead atoms. The maximum atomic E-state index is 12.4. The Morgan fingerprint density at radius 3 is 2.70 bits per heavy atom. The standard InChI is InChI=1S/C20H22ClN3O2S/c1-11(15-5-4-6-16(21)9-15)22-17(26)10-27-20-18(13(3)25)12(2)23-19(24-20)14-7-8-14/h4-6,9,11,14H,7-8,10H2,1-3H3,(H,22,26)/t11-/m0/s1. The lowest BCUT2D eigenvalue weighted by atomic mass is 10.1. The lowest BCUT2D eigenvalue weighted by Crippen LogP contribution is -2.28. The monoisotopic (exact) mass is 403 g/mol. The molecule has 3 rings (SSSR count). The summed E-state index contributed by atoms with van der Waals surface area (Å²) in [6.45, 7) is 5.25. The molecule has 1 fully saturated rings. The normalized spacial score (nSPS) is 14.7. The third-order valence-electron chi connectivity index (χ3n) is 4.43. The highest BCUT2D eigenvalue weighted by Crippen LogP contribution is 2.39. The van der Waals surface area contributed by atoms with Gasteiger partial charge in [-0.1, -0.05) is 35.5 Å². The predicted octanol–water partition coefficient (Wildman–Crippen LogP) is 4.49. The first-order chi connectivity index (χ1) is 12.8. The molecule has 1 aromatic carbocycles. The van der Waals surface area contributed by atoms with Crippen molar-refractivity contribution >= 4 is 35.1 Å². The van der Waals surface area contributed by atoms with Crippen molar-refractivity contribution in [2.24, 2.45) is 0 Å². The molecule has 1 atom stereocenters. The molecule has 1 amide bonds. The average Bonchev–Trinajstić information content (AvgIpc) is 3.44. The molecule has 1 aliphatic rings. The van der Waals surface area contributed by atoms with E-state index in [1.807, 2.05) is 32.0 Å². The second-order valence-electron chi connectivity index (χ2n) is 6.81. The molecule has 1 aliphatic carbocycles. The van der Waals surface area contributed by atoms with Crippen molar-refractivity contribution < 1.29 is 9.59 Å². The van der Waals surface area contributed by atoms with E-state index in [1.165, 1.54) is 18.7 Å². The minimum atomic E-state index is -0.154. The van der Waals surface area contributed by atoms with Crippen LogP contribution >= 0.6 is 23.4 Å². The molecular weight excluding hydrogens is 382 g/mol. The van der Waals surface area contributed by atoms with Crippen LogP contribution in [0.1, 0.15) is 66.1 Å². The number of carbonyl (C=O) groups excluding carboxylic acids is 2. The van der Waals surface area contributed by atoms with Crippen molar-refractivity contribution in [1.29, 1.82) is 0 Å². The zero-order chi connectivity index (χ0) is 19.6. The Morgan fingerprint density at radius 1 is 1.33 bits per heavy atom. The van der Waals surface area contributed by atoms with Crippen molar-refractivity contribution in [3.05, 3.63) is 51.9 Å². The number of halogens is 1. The van der Waals surface area contributed by atoms with Crippen LogP contribution in [0.4, 0.5) is 0 Å². The summed E-state index contributed by atoms with van der Waals surface area (Å²) in [6, 6.07) is 7.26. The molecule has 0 aliphatic heterocycles. The minimum Gasteiger partial charge on any atom is -0.349 e. The van der Waals surface area contributed by atoms with E-state index in [2.05, 4.69) is 15.3 Å². The number of benzene rings is 1. The molecule has 2 aromatic rings. The zero-order valence-electron chi connectivity index (χ0n) is 15.6. The molecule has 0 saturated heterocycles. The summed E-state index contributed by atoms with van der Waals surface area (Å²) in [6.07, 6.45) is 2.17. The van der Waals surface area contributed by atoms with Crippen molar-refractivity contribution in [2.45, 2.75) is 50.6 Å². The molecule has 142 valence electrons. The van der Waals surface area contributed by atoms with Crippen LogP contribution in [0.25, 0.3) is 0 Å². The number of hydrogen-bond donors (Lipinski definition) is 1. The van der Waals surface area contributed by atoms with Crippen molar-refractivity contribution in [3.63, 3.8) is 0 Å². The van der Waals surface area contributed by atoms with Gasteiger partial charge in [0.15, 0.2) is 5.78 Å². The summed E-state index contributed by atoms with van der Waals surface area (Å²) < 4.78 is 0. The smallest absolute Gasteiger partial charge is 0.230 e. The van der Waals surface area contributed by atoms with E-state index in [9.17, 15) is 9.59 Å². The molecule has 27 heavy (non-hydrogen) atoms. The SMILES string of the molecule is CC(=O)c1c(C)nc(C2CC2)nc1SCC(=O)N[C@@H](C)c1cccc(Cl)c1. The Bertz CT molecular complexity index is 884. The van der Waals surface area contributed by atoms with Gasteiger partial charge in [-0.05, 0) is 51.3 Å². The minimum absolute atomic E-state index is 0.0787. The van der Waals surface area contributed by atoms with E-state index in [0.717, 1.165) is 24.2 Å². The molecule has 0 unspecified atom stereocenters. The van der Waals surface area contributed by atoms with Crippen LogP contribution in [0.15, 0.2) is 29.3 Å². The highest BCUT2D eigenvalue weighted by Gasteiger charge is 2.29. The van der Waals surface area contributed by atoms with Crippen LogP contribution < -0.4 is 5.32 Å². The number of thioether (sulfide) groups is 1. The molecule has 0 radical (unpaired) electrons. The summed E-state index contributed by atoms with van der Waals surface area (Å²) in [5.74, 6) is 1.16. The Kier molecular flexibility index (Phi) is 6.17. The molecule has 1 saturated carbocycles. The fraction of sp³-hybridized carbons (Fsp3) is 0.400. The van der Waals surface area contributed by atoms with E-state index in [-0.39, 0.29) is 23.5 Å². The van der Waals surface area contributed by atoms with Crippen LogP contribution in [0.2, 0.25) is 5.02 Å². The highest BCUT2D eigenvalue weighted by atomic mass is 35.5. The third kappa shape index (κ3) is 5.08. The van der Waals surface area contributed by atoms with Crippen molar-refractivity contribution in [1.82, 2.24) is 15.3 Å². The van der Waals surface area contributed by atoms with Gasteiger partial charge in [0, 0.05) is 10.9 Å². The highest BCUT2D eigenvalue weighted by molar-refractivity contribution is 8.00. The molecule has 5 nitrogen and oxygen atoms in total. The molecule has 0 spiro atoms. The molecule has 1 heterocycles. The van der Waals surface area contributed by atoms with Gasteiger partial charge in [-0.25, -0.2) is 9.97 Å². The Morgan fingerprint density at radius 2 is 2.07 bits per heavy atom. The number of nitrogens with zero attached hydrogens (tertiary/aromatic N) is 2.